The lowest BCUT2D eigenvalue weighted by molar-refractivity contribution is 0.0663. The molecule has 0 saturated heterocycles. The highest BCUT2D eigenvalue weighted by Gasteiger charge is 2.06. The number of aliphatic hydroxyl groups excluding tert-OH is 1. The van der Waals surface area contributed by atoms with Gasteiger partial charge in [-0.3, -0.25) is 0 Å². The van der Waals surface area contributed by atoms with Crippen molar-refractivity contribution in [3.05, 3.63) is 30.3 Å². The number of rotatable bonds is 5. The number of hydrogen-bond acceptors (Lipinski definition) is 3. The van der Waals surface area contributed by atoms with E-state index in [1.54, 1.807) is 12.1 Å². The first-order valence-corrected chi connectivity index (χ1v) is 4.99. The molecule has 0 aliphatic heterocycles. The Morgan fingerprint density at radius 3 is 2.75 bits per heavy atom. The van der Waals surface area contributed by atoms with Crippen LogP contribution in [0.4, 0.5) is 10.5 Å². The SMILES string of the molecule is COC[C@@H](O)CNC(=O)Nc1ccccc1. The number of hydrogen-bond donors (Lipinski definition) is 3. The van der Waals surface area contributed by atoms with Crippen LogP contribution in [0.15, 0.2) is 30.3 Å². The van der Waals surface area contributed by atoms with E-state index in [-0.39, 0.29) is 19.2 Å². The first-order chi connectivity index (χ1) is 7.72. The summed E-state index contributed by atoms with van der Waals surface area (Å²) in [4.78, 5) is 11.3. The number of nitrogens with one attached hydrogen (secondary N) is 2. The van der Waals surface area contributed by atoms with E-state index in [0.29, 0.717) is 5.69 Å². The molecule has 0 saturated carbocycles. The Bertz CT molecular complexity index is 316. The van der Waals surface area contributed by atoms with Gasteiger partial charge in [0.05, 0.1) is 12.7 Å². The third-order valence-electron chi connectivity index (χ3n) is 1.89. The average molecular weight is 224 g/mol. The molecule has 3 N–H and O–H groups in total. The van der Waals surface area contributed by atoms with Gasteiger partial charge >= 0.3 is 6.03 Å². The minimum atomic E-state index is -0.688. The van der Waals surface area contributed by atoms with Crippen molar-refractivity contribution in [1.29, 1.82) is 0 Å². The number of anilines is 1. The van der Waals surface area contributed by atoms with Crippen LogP contribution in [0, 0.1) is 0 Å². The molecule has 0 fully saturated rings. The average Bonchev–Trinajstić information content (AvgIpc) is 2.28. The van der Waals surface area contributed by atoms with Gasteiger partial charge in [-0.2, -0.15) is 0 Å². The van der Waals surface area contributed by atoms with Crippen molar-refractivity contribution in [2.75, 3.05) is 25.6 Å². The van der Waals surface area contributed by atoms with E-state index in [9.17, 15) is 9.90 Å². The van der Waals surface area contributed by atoms with Gasteiger partial charge in [-0.15, -0.1) is 0 Å². The van der Waals surface area contributed by atoms with Crippen LogP contribution < -0.4 is 10.6 Å². The second kappa shape index (κ2) is 6.81. The summed E-state index contributed by atoms with van der Waals surface area (Å²) >= 11 is 0. The number of urea groups is 1. The fourth-order valence-electron chi connectivity index (χ4n) is 1.16. The van der Waals surface area contributed by atoms with Crippen LogP contribution in [-0.2, 0) is 4.74 Å². The molecule has 5 nitrogen and oxygen atoms in total. The topological polar surface area (TPSA) is 70.6 Å². The predicted octanol–water partition coefficient (Wildman–Crippen LogP) is 0.815. The summed E-state index contributed by atoms with van der Waals surface area (Å²) in [5.74, 6) is 0. The fourth-order valence-corrected chi connectivity index (χ4v) is 1.16. The molecule has 0 heterocycles. The Morgan fingerprint density at radius 2 is 2.12 bits per heavy atom. The van der Waals surface area contributed by atoms with Crippen LogP contribution in [0.1, 0.15) is 0 Å². The molecular weight excluding hydrogens is 208 g/mol. The van der Waals surface area contributed by atoms with E-state index >= 15 is 0 Å². The number of amides is 2. The number of benzene rings is 1. The zero-order chi connectivity index (χ0) is 11.8. The van der Waals surface area contributed by atoms with Crippen LogP contribution >= 0.6 is 0 Å². The lowest BCUT2D eigenvalue weighted by Gasteiger charge is -2.11. The molecule has 1 aromatic carbocycles. The van der Waals surface area contributed by atoms with Gasteiger partial charge in [0.25, 0.3) is 0 Å². The first kappa shape index (κ1) is 12.5. The van der Waals surface area contributed by atoms with Crippen molar-refractivity contribution in [2.45, 2.75) is 6.10 Å². The Morgan fingerprint density at radius 1 is 1.44 bits per heavy atom. The van der Waals surface area contributed by atoms with Crippen LogP contribution in [0.25, 0.3) is 0 Å². The summed E-state index contributed by atoms with van der Waals surface area (Å²) in [5.41, 5.74) is 0.709. The molecule has 0 aromatic heterocycles. The third kappa shape index (κ3) is 4.77. The smallest absolute Gasteiger partial charge is 0.319 e. The second-order valence-electron chi connectivity index (χ2n) is 3.31. The van der Waals surface area contributed by atoms with Crippen molar-refractivity contribution in [3.63, 3.8) is 0 Å². The highest BCUT2D eigenvalue weighted by Crippen LogP contribution is 2.03. The lowest BCUT2D eigenvalue weighted by atomic mass is 10.3. The van der Waals surface area contributed by atoms with Crippen molar-refractivity contribution < 1.29 is 14.6 Å². The predicted molar refractivity (Wildman–Crippen MR) is 61.3 cm³/mol. The van der Waals surface area contributed by atoms with Gasteiger partial charge in [0.1, 0.15) is 0 Å². The molecule has 0 aliphatic rings. The highest BCUT2D eigenvalue weighted by molar-refractivity contribution is 5.89. The molecule has 0 aliphatic carbocycles. The molecule has 1 rings (SSSR count). The normalized spacial score (nSPS) is 11.9. The molecule has 0 spiro atoms. The van der Waals surface area contributed by atoms with Crippen molar-refractivity contribution in [3.8, 4) is 0 Å². The molecule has 1 aromatic rings. The molecule has 1 atom stereocenters. The van der Waals surface area contributed by atoms with Crippen LogP contribution in [-0.4, -0.2) is 37.5 Å². The molecule has 16 heavy (non-hydrogen) atoms. The second-order valence-corrected chi connectivity index (χ2v) is 3.31. The Kier molecular flexibility index (Phi) is 5.31. The number of carbonyl (C=O) groups excluding carboxylic acids is 1. The highest BCUT2D eigenvalue weighted by atomic mass is 16.5. The lowest BCUT2D eigenvalue weighted by Crippen LogP contribution is -2.36. The zero-order valence-corrected chi connectivity index (χ0v) is 9.14. The number of para-hydroxylation sites is 1. The Balaban J connectivity index is 2.26. The largest absolute Gasteiger partial charge is 0.389 e. The van der Waals surface area contributed by atoms with E-state index in [4.69, 9.17) is 4.74 Å². The van der Waals surface area contributed by atoms with Crippen molar-refractivity contribution in [2.24, 2.45) is 0 Å². The van der Waals surface area contributed by atoms with Crippen LogP contribution in [0.5, 0.6) is 0 Å². The van der Waals surface area contributed by atoms with Crippen molar-refractivity contribution in [1.82, 2.24) is 5.32 Å². The third-order valence-corrected chi connectivity index (χ3v) is 1.89. The van der Waals surface area contributed by atoms with Gasteiger partial charge in [-0.05, 0) is 12.1 Å². The van der Waals surface area contributed by atoms with Crippen molar-refractivity contribution >= 4 is 11.7 Å². The quantitative estimate of drug-likeness (QED) is 0.693. The van der Waals surface area contributed by atoms with Gasteiger partial charge in [0.2, 0.25) is 0 Å². The van der Waals surface area contributed by atoms with E-state index < -0.39 is 6.10 Å². The molecule has 0 radical (unpaired) electrons. The molecule has 0 unspecified atom stereocenters. The zero-order valence-electron chi connectivity index (χ0n) is 9.14. The summed E-state index contributed by atoms with van der Waals surface area (Å²) in [7, 11) is 1.49. The van der Waals surface area contributed by atoms with E-state index in [1.165, 1.54) is 7.11 Å². The molecule has 88 valence electrons. The fraction of sp³-hybridized carbons (Fsp3) is 0.364. The van der Waals surface area contributed by atoms with Gasteiger partial charge < -0.3 is 20.5 Å². The minimum absolute atomic E-state index is 0.159. The van der Waals surface area contributed by atoms with Gasteiger partial charge in [-0.1, -0.05) is 18.2 Å². The standard InChI is InChI=1S/C11H16N2O3/c1-16-8-10(14)7-12-11(15)13-9-5-3-2-4-6-9/h2-6,10,14H,7-8H2,1H3,(H2,12,13,15)/t10-/m0/s1. The van der Waals surface area contributed by atoms with Gasteiger partial charge in [-0.25, -0.2) is 4.79 Å². The van der Waals surface area contributed by atoms with E-state index in [1.807, 2.05) is 18.2 Å². The minimum Gasteiger partial charge on any atom is -0.389 e. The Hall–Kier alpha value is -1.59. The molecule has 0 bridgehead atoms. The summed E-state index contributed by atoms with van der Waals surface area (Å²) < 4.78 is 4.73. The van der Waals surface area contributed by atoms with Gasteiger partial charge in [0.15, 0.2) is 0 Å². The van der Waals surface area contributed by atoms with Crippen LogP contribution in [0.3, 0.4) is 0 Å². The summed E-state index contributed by atoms with van der Waals surface area (Å²) in [6, 6.07) is 8.74. The summed E-state index contributed by atoms with van der Waals surface area (Å²) in [6.45, 7) is 0.359. The monoisotopic (exact) mass is 224 g/mol. The Labute approximate surface area is 94.4 Å². The van der Waals surface area contributed by atoms with E-state index in [2.05, 4.69) is 10.6 Å². The molecule has 2 amide bonds. The first-order valence-electron chi connectivity index (χ1n) is 4.99. The number of aliphatic hydroxyl groups is 1. The molecule has 5 heteroatoms. The maximum Gasteiger partial charge on any atom is 0.319 e. The maximum absolute atomic E-state index is 11.3. The maximum atomic E-state index is 11.3. The number of methoxy groups -OCH3 is 1. The summed E-state index contributed by atoms with van der Waals surface area (Å²) in [6.07, 6.45) is -0.688. The van der Waals surface area contributed by atoms with Crippen LogP contribution in [0.2, 0.25) is 0 Å². The number of ether oxygens (including phenoxy) is 1. The van der Waals surface area contributed by atoms with Gasteiger partial charge in [0, 0.05) is 19.3 Å². The summed E-state index contributed by atoms with van der Waals surface area (Å²) in [5, 5.41) is 14.5. The van der Waals surface area contributed by atoms with E-state index in [0.717, 1.165) is 0 Å². The molecular formula is C11H16N2O3. The number of carbonyl (C=O) groups is 1.